The Morgan fingerprint density at radius 3 is 2.13 bits per heavy atom. The minimum atomic E-state index is -3.96. The largest absolute Gasteiger partial charge is 0.494 e. The van der Waals surface area contributed by atoms with Crippen LogP contribution in [0.1, 0.15) is 12.5 Å². The van der Waals surface area contributed by atoms with Gasteiger partial charge >= 0.3 is 6.09 Å². The van der Waals surface area contributed by atoms with E-state index in [9.17, 15) is 13.2 Å². The second-order valence-corrected chi connectivity index (χ2v) is 6.39. The molecule has 0 aromatic heterocycles. The Hall–Kier alpha value is -2.54. The van der Waals surface area contributed by atoms with E-state index in [2.05, 4.69) is 0 Å². The van der Waals surface area contributed by atoms with Gasteiger partial charge in [-0.2, -0.15) is 0 Å². The van der Waals surface area contributed by atoms with Crippen molar-refractivity contribution in [2.24, 2.45) is 0 Å². The number of aryl methyl sites for hydroxylation is 1. The number of rotatable bonds is 5. The van der Waals surface area contributed by atoms with Crippen LogP contribution >= 0.6 is 0 Å². The van der Waals surface area contributed by atoms with Crippen LogP contribution in [-0.2, 0) is 10.0 Å². The molecule has 0 spiro atoms. The van der Waals surface area contributed by atoms with Gasteiger partial charge in [0.15, 0.2) is 0 Å². The SMILES string of the molecule is CCOc1ccc(OC(=O)NS(=O)(=O)c2ccc(C)cc2)cc1. The summed E-state index contributed by atoms with van der Waals surface area (Å²) >= 11 is 0. The monoisotopic (exact) mass is 335 g/mol. The number of hydrogen-bond acceptors (Lipinski definition) is 5. The molecule has 1 amide bonds. The Bertz CT molecular complexity index is 767. The van der Waals surface area contributed by atoms with E-state index in [1.165, 1.54) is 24.3 Å². The molecule has 7 heteroatoms. The fourth-order valence-corrected chi connectivity index (χ4v) is 2.66. The first-order valence-electron chi connectivity index (χ1n) is 6.95. The number of sulfonamides is 1. The molecule has 0 saturated carbocycles. The molecule has 23 heavy (non-hydrogen) atoms. The summed E-state index contributed by atoms with van der Waals surface area (Å²) in [5, 5.41) is 0. The molecule has 0 saturated heterocycles. The zero-order chi connectivity index (χ0) is 16.9. The summed E-state index contributed by atoms with van der Waals surface area (Å²) in [5.41, 5.74) is 0.918. The van der Waals surface area contributed by atoms with E-state index < -0.39 is 16.1 Å². The summed E-state index contributed by atoms with van der Waals surface area (Å²) in [7, 11) is -3.96. The van der Waals surface area contributed by atoms with Crippen molar-refractivity contribution in [1.82, 2.24) is 4.72 Å². The maximum Gasteiger partial charge on any atom is 0.426 e. The lowest BCUT2D eigenvalue weighted by molar-refractivity contribution is 0.206. The van der Waals surface area contributed by atoms with Crippen LogP contribution in [0.3, 0.4) is 0 Å². The van der Waals surface area contributed by atoms with Gasteiger partial charge in [0, 0.05) is 0 Å². The molecule has 2 rings (SSSR count). The Kier molecular flexibility index (Phi) is 5.23. The second-order valence-electron chi connectivity index (χ2n) is 4.71. The van der Waals surface area contributed by atoms with E-state index >= 15 is 0 Å². The predicted octanol–water partition coefficient (Wildman–Crippen LogP) is 2.87. The van der Waals surface area contributed by atoms with E-state index in [0.29, 0.717) is 12.4 Å². The van der Waals surface area contributed by atoms with Crippen LogP contribution in [0.4, 0.5) is 4.79 Å². The average molecular weight is 335 g/mol. The second kappa shape index (κ2) is 7.15. The number of hydrogen-bond donors (Lipinski definition) is 1. The molecule has 0 radical (unpaired) electrons. The number of nitrogens with one attached hydrogen (secondary N) is 1. The maximum atomic E-state index is 12.1. The van der Waals surface area contributed by atoms with Gasteiger partial charge in [-0.15, -0.1) is 0 Å². The first-order valence-corrected chi connectivity index (χ1v) is 8.43. The molecule has 0 bridgehead atoms. The molecule has 1 N–H and O–H groups in total. The van der Waals surface area contributed by atoms with E-state index in [1.54, 1.807) is 24.3 Å². The number of ether oxygens (including phenoxy) is 2. The van der Waals surface area contributed by atoms with Crippen molar-refractivity contribution in [3.8, 4) is 11.5 Å². The molecule has 122 valence electrons. The summed E-state index contributed by atoms with van der Waals surface area (Å²) in [4.78, 5) is 11.7. The minimum absolute atomic E-state index is 0.00764. The first-order chi connectivity index (χ1) is 10.9. The molecule has 2 aromatic rings. The first kappa shape index (κ1) is 16.8. The Labute approximate surface area is 135 Å². The predicted molar refractivity (Wildman–Crippen MR) is 85.1 cm³/mol. The average Bonchev–Trinajstić information content (AvgIpc) is 2.49. The number of amides is 1. The van der Waals surface area contributed by atoms with Crippen molar-refractivity contribution < 1.29 is 22.7 Å². The van der Waals surface area contributed by atoms with Crippen molar-refractivity contribution in [2.45, 2.75) is 18.7 Å². The van der Waals surface area contributed by atoms with E-state index in [1.807, 2.05) is 18.6 Å². The van der Waals surface area contributed by atoms with Crippen molar-refractivity contribution in [2.75, 3.05) is 6.61 Å². The van der Waals surface area contributed by atoms with Crippen LogP contribution in [-0.4, -0.2) is 21.1 Å². The van der Waals surface area contributed by atoms with Gasteiger partial charge in [-0.25, -0.2) is 17.9 Å². The van der Waals surface area contributed by atoms with Crippen LogP contribution in [0.2, 0.25) is 0 Å². The molecular weight excluding hydrogens is 318 g/mol. The molecule has 2 aromatic carbocycles. The molecule has 0 atom stereocenters. The molecule has 0 heterocycles. The highest BCUT2D eigenvalue weighted by Crippen LogP contribution is 2.18. The lowest BCUT2D eigenvalue weighted by atomic mass is 10.2. The zero-order valence-corrected chi connectivity index (χ0v) is 13.6. The number of carbonyl (C=O) groups excluding carboxylic acids is 1. The third-order valence-corrected chi connectivity index (χ3v) is 4.22. The van der Waals surface area contributed by atoms with Crippen molar-refractivity contribution >= 4 is 16.1 Å². The summed E-state index contributed by atoms with van der Waals surface area (Å²) in [6, 6.07) is 12.4. The normalized spacial score (nSPS) is 10.9. The molecule has 0 unspecified atom stereocenters. The van der Waals surface area contributed by atoms with E-state index in [4.69, 9.17) is 9.47 Å². The van der Waals surface area contributed by atoms with Crippen molar-refractivity contribution in [3.05, 3.63) is 54.1 Å². The van der Waals surface area contributed by atoms with Crippen LogP contribution in [0.25, 0.3) is 0 Å². The zero-order valence-electron chi connectivity index (χ0n) is 12.8. The molecule has 0 aliphatic rings. The molecule has 0 aliphatic heterocycles. The van der Waals surface area contributed by atoms with Gasteiger partial charge < -0.3 is 9.47 Å². The topological polar surface area (TPSA) is 81.7 Å². The standard InChI is InChI=1S/C16H17NO5S/c1-3-21-13-6-8-14(9-7-13)22-16(18)17-23(19,20)15-10-4-12(2)5-11-15/h4-11H,3H2,1-2H3,(H,17,18). The van der Waals surface area contributed by atoms with Crippen LogP contribution < -0.4 is 14.2 Å². The molecule has 6 nitrogen and oxygen atoms in total. The summed E-state index contributed by atoms with van der Waals surface area (Å²) in [5.74, 6) is 0.845. The van der Waals surface area contributed by atoms with Gasteiger partial charge in [0.05, 0.1) is 11.5 Å². The molecule has 0 aliphatic carbocycles. The Morgan fingerprint density at radius 1 is 1.00 bits per heavy atom. The van der Waals surface area contributed by atoms with E-state index in [0.717, 1.165) is 5.56 Å². The Morgan fingerprint density at radius 2 is 1.57 bits per heavy atom. The van der Waals surface area contributed by atoms with Crippen molar-refractivity contribution in [3.63, 3.8) is 0 Å². The van der Waals surface area contributed by atoms with Gasteiger partial charge in [0.2, 0.25) is 0 Å². The summed E-state index contributed by atoms with van der Waals surface area (Å²) < 4.78 is 36.2. The lowest BCUT2D eigenvalue weighted by Crippen LogP contribution is -2.33. The molecule has 0 fully saturated rings. The highest BCUT2D eigenvalue weighted by molar-refractivity contribution is 7.90. The van der Waals surface area contributed by atoms with Gasteiger partial charge in [-0.05, 0) is 50.2 Å². The van der Waals surface area contributed by atoms with Crippen LogP contribution in [0.15, 0.2) is 53.4 Å². The third-order valence-electron chi connectivity index (χ3n) is 2.89. The third kappa shape index (κ3) is 4.72. The van der Waals surface area contributed by atoms with Gasteiger partial charge in [0.1, 0.15) is 11.5 Å². The fourth-order valence-electron chi connectivity index (χ4n) is 1.78. The van der Waals surface area contributed by atoms with Gasteiger partial charge in [-0.1, -0.05) is 17.7 Å². The smallest absolute Gasteiger partial charge is 0.426 e. The minimum Gasteiger partial charge on any atom is -0.494 e. The highest BCUT2D eigenvalue weighted by Gasteiger charge is 2.18. The summed E-state index contributed by atoms with van der Waals surface area (Å²) in [6.07, 6.45) is -1.07. The van der Waals surface area contributed by atoms with Crippen molar-refractivity contribution in [1.29, 1.82) is 0 Å². The van der Waals surface area contributed by atoms with E-state index in [-0.39, 0.29) is 10.6 Å². The summed E-state index contributed by atoms with van der Waals surface area (Å²) in [6.45, 7) is 4.22. The Balaban J connectivity index is 2.02. The number of benzene rings is 2. The highest BCUT2D eigenvalue weighted by atomic mass is 32.2. The maximum absolute atomic E-state index is 12.1. The molecular formula is C16H17NO5S. The van der Waals surface area contributed by atoms with Gasteiger partial charge in [0.25, 0.3) is 10.0 Å². The lowest BCUT2D eigenvalue weighted by Gasteiger charge is -2.08. The quantitative estimate of drug-likeness (QED) is 0.908. The number of carbonyl (C=O) groups is 1. The van der Waals surface area contributed by atoms with Crippen LogP contribution in [0.5, 0.6) is 11.5 Å². The van der Waals surface area contributed by atoms with Gasteiger partial charge in [-0.3, -0.25) is 0 Å². The fraction of sp³-hybridized carbons (Fsp3) is 0.188. The van der Waals surface area contributed by atoms with Crippen LogP contribution in [0, 0.1) is 6.92 Å².